The predicted octanol–water partition coefficient (Wildman–Crippen LogP) is 23.7. The first-order chi connectivity index (χ1) is 55.3. The van der Waals surface area contributed by atoms with E-state index < -0.39 is 0 Å². The Kier molecular flexibility index (Phi) is 16.8. The summed E-state index contributed by atoms with van der Waals surface area (Å²) in [6, 6.07) is 128. The quantitative estimate of drug-likeness (QED) is 0.102. The van der Waals surface area contributed by atoms with Crippen molar-refractivity contribution in [3.05, 3.63) is 374 Å². The molecule has 4 aromatic heterocycles. The van der Waals surface area contributed by atoms with Crippen molar-refractivity contribution in [3.63, 3.8) is 0 Å². The van der Waals surface area contributed by atoms with Gasteiger partial charge in [-0.1, -0.05) is 237 Å². The van der Waals surface area contributed by atoms with Gasteiger partial charge in [-0.15, -0.1) is 0 Å². The fourth-order valence-electron chi connectivity index (χ4n) is 15.4. The minimum Gasteiger partial charge on any atom is -0.309 e. The van der Waals surface area contributed by atoms with Crippen molar-refractivity contribution >= 4 is 43.6 Å². The van der Waals surface area contributed by atoms with Gasteiger partial charge in [-0.25, -0.2) is 29.9 Å². The molecule has 0 saturated heterocycles. The molecule has 12 heteroatoms. The van der Waals surface area contributed by atoms with Crippen molar-refractivity contribution in [3.8, 4) is 171 Å². The molecule has 0 aliphatic heterocycles. The van der Waals surface area contributed by atoms with Gasteiger partial charge in [-0.05, 0) is 171 Å². The summed E-state index contributed by atoms with van der Waals surface area (Å²) in [5.74, 6) is 2.96. The summed E-state index contributed by atoms with van der Waals surface area (Å²) >= 11 is 0. The van der Waals surface area contributed by atoms with E-state index in [9.17, 15) is 21.0 Å². The Bertz CT molecular complexity index is 6340. The average Bonchev–Trinajstić information content (AvgIpc) is 1.56. The van der Waals surface area contributed by atoms with Gasteiger partial charge in [0.25, 0.3) is 0 Å². The van der Waals surface area contributed by atoms with Crippen LogP contribution in [0.25, 0.3) is 190 Å². The Morgan fingerprint density at radius 3 is 0.679 bits per heavy atom. The van der Waals surface area contributed by atoms with E-state index in [4.69, 9.17) is 29.9 Å². The van der Waals surface area contributed by atoms with Gasteiger partial charge in [0, 0.05) is 66.1 Å². The maximum absolute atomic E-state index is 9.89. The Labute approximate surface area is 644 Å². The minimum absolute atomic E-state index is 0.459. The molecule has 0 spiro atoms. The molecular weight excluding hydrogens is 1370 g/mol. The number of benzene rings is 15. The molecular formula is C100H58N12. The summed E-state index contributed by atoms with van der Waals surface area (Å²) in [5, 5.41) is 43.5. The van der Waals surface area contributed by atoms with Crippen LogP contribution in [-0.4, -0.2) is 39.0 Å². The number of hydrogen-bond acceptors (Lipinski definition) is 10. The molecule has 0 bridgehead atoms. The predicted molar refractivity (Wildman–Crippen MR) is 446 cm³/mol. The molecule has 0 amide bonds. The number of nitrogens with zero attached hydrogens (tertiary/aromatic N) is 12. The molecule has 0 aliphatic rings. The fourth-order valence-corrected chi connectivity index (χ4v) is 15.4. The van der Waals surface area contributed by atoms with Crippen LogP contribution in [0.1, 0.15) is 22.3 Å². The Morgan fingerprint density at radius 2 is 0.420 bits per heavy atom. The molecule has 518 valence electrons. The lowest BCUT2D eigenvalue weighted by Crippen LogP contribution is -2.05. The summed E-state index contributed by atoms with van der Waals surface area (Å²) < 4.78 is 4.71. The first-order valence-electron chi connectivity index (χ1n) is 36.6. The molecule has 0 atom stereocenters. The van der Waals surface area contributed by atoms with Crippen molar-refractivity contribution < 1.29 is 0 Å². The molecule has 4 heterocycles. The van der Waals surface area contributed by atoms with Crippen LogP contribution in [0.15, 0.2) is 352 Å². The smallest absolute Gasteiger partial charge is 0.164 e. The first kappa shape index (κ1) is 66.6. The van der Waals surface area contributed by atoms with Gasteiger partial charge in [-0.3, -0.25) is 0 Å². The van der Waals surface area contributed by atoms with Crippen LogP contribution in [0.5, 0.6) is 0 Å². The lowest BCUT2D eigenvalue weighted by Gasteiger charge is -2.21. The van der Waals surface area contributed by atoms with Crippen LogP contribution in [-0.2, 0) is 0 Å². The van der Waals surface area contributed by atoms with Crippen LogP contribution < -0.4 is 0 Å². The van der Waals surface area contributed by atoms with Gasteiger partial charge in [0.15, 0.2) is 34.9 Å². The van der Waals surface area contributed by atoms with Crippen molar-refractivity contribution in [2.45, 2.75) is 0 Å². The van der Waals surface area contributed by atoms with Crippen LogP contribution in [0.2, 0.25) is 0 Å². The van der Waals surface area contributed by atoms with E-state index in [1.165, 1.54) is 0 Å². The maximum Gasteiger partial charge on any atom is 0.164 e. The van der Waals surface area contributed by atoms with E-state index in [1.54, 1.807) is 0 Å². The monoisotopic (exact) mass is 1430 g/mol. The molecule has 15 aromatic carbocycles. The summed E-state index contributed by atoms with van der Waals surface area (Å²) in [7, 11) is 0. The van der Waals surface area contributed by atoms with Crippen molar-refractivity contribution in [1.29, 1.82) is 21.0 Å². The molecule has 0 unspecified atom stereocenters. The van der Waals surface area contributed by atoms with E-state index in [0.717, 1.165) is 155 Å². The third-order valence-electron chi connectivity index (χ3n) is 20.8. The number of nitriles is 4. The molecule has 19 aromatic rings. The largest absolute Gasteiger partial charge is 0.309 e. The zero-order chi connectivity index (χ0) is 75.2. The summed E-state index contributed by atoms with van der Waals surface area (Å²) in [6.45, 7) is 0. The Hall–Kier alpha value is -16.1. The highest BCUT2D eigenvalue weighted by Gasteiger charge is 2.27. The van der Waals surface area contributed by atoms with Crippen LogP contribution in [0.3, 0.4) is 0 Å². The summed E-state index contributed by atoms with van der Waals surface area (Å²) in [5.41, 5.74) is 23.7. The van der Waals surface area contributed by atoms with Gasteiger partial charge in [-0.2, -0.15) is 21.0 Å². The normalized spacial score (nSPS) is 11.2. The van der Waals surface area contributed by atoms with Gasteiger partial charge in [0.1, 0.15) is 0 Å². The SMILES string of the molecule is N#Cc1ccc(-c2ccc3c(c2)c2cc(-c4ccc(C#N)cc4)ccc2n3-c2cccc(-c3nc(-c4ccccc4)nc(-c4ccccc4)n3)c2-c2cccc(-c3c(-c4nc(-c5ccccc5)nc(-c5ccccc5)n4)cccc3-n3c4ccc(-c5ccc(C#N)cc5)cc4c4cc(-c5ccc(C#N)cc5)ccc43)c2)cc1. The molecule has 0 N–H and O–H groups in total. The topological polar surface area (TPSA) is 182 Å². The van der Waals surface area contributed by atoms with E-state index in [1.807, 2.05) is 218 Å². The third kappa shape index (κ3) is 12.2. The number of rotatable bonds is 14. The lowest BCUT2D eigenvalue weighted by molar-refractivity contribution is 1.07. The number of hydrogen-bond donors (Lipinski definition) is 0. The van der Waals surface area contributed by atoms with Crippen LogP contribution in [0, 0.1) is 45.3 Å². The third-order valence-corrected chi connectivity index (χ3v) is 20.8. The molecule has 0 fully saturated rings. The van der Waals surface area contributed by atoms with E-state index >= 15 is 0 Å². The molecule has 0 saturated carbocycles. The second kappa shape index (κ2) is 28.3. The van der Waals surface area contributed by atoms with E-state index in [-0.39, 0.29) is 0 Å². The van der Waals surface area contributed by atoms with Gasteiger partial charge >= 0.3 is 0 Å². The zero-order valence-electron chi connectivity index (χ0n) is 59.9. The van der Waals surface area contributed by atoms with E-state index in [2.05, 4.69) is 167 Å². The van der Waals surface area contributed by atoms with E-state index in [0.29, 0.717) is 57.2 Å². The second-order valence-corrected chi connectivity index (χ2v) is 27.4. The number of aromatic nitrogens is 8. The first-order valence-corrected chi connectivity index (χ1v) is 36.6. The lowest BCUT2D eigenvalue weighted by atomic mass is 9.91. The van der Waals surface area contributed by atoms with Crippen LogP contribution in [0.4, 0.5) is 0 Å². The van der Waals surface area contributed by atoms with Crippen molar-refractivity contribution in [2.24, 2.45) is 0 Å². The summed E-state index contributed by atoms with van der Waals surface area (Å²) in [6.07, 6.45) is 0. The fraction of sp³-hybridized carbons (Fsp3) is 0. The number of fused-ring (bicyclic) bond motifs is 6. The second-order valence-electron chi connectivity index (χ2n) is 27.4. The highest BCUT2D eigenvalue weighted by molar-refractivity contribution is 6.14. The van der Waals surface area contributed by atoms with Gasteiger partial charge in [0.2, 0.25) is 0 Å². The van der Waals surface area contributed by atoms with Crippen molar-refractivity contribution in [2.75, 3.05) is 0 Å². The average molecular weight is 1430 g/mol. The standard InChI is InChI=1S/C100H58N12/c101-59-63-30-38-67(39-31-63)75-46-50-87-83(55-75)84-56-76(68-40-32-64(60-102)33-41-68)47-51-88(84)111(87)91-28-14-26-81(99-107-95(71-16-5-1-6-17-71)105-96(108-99)72-18-7-2-8-19-72)93(91)79-24-13-25-80(54-79)94-82(100-109-97(73-20-9-3-10-21-73)106-98(110-100)74-22-11-4-12-23-74)27-15-29-92(94)112-89-52-48-77(69-42-34-65(61-103)35-43-69)57-85(89)86-58-78(49-53-90(86)112)70-44-36-66(62-104)37-45-70/h1-58H. The van der Waals surface area contributed by atoms with Gasteiger partial charge < -0.3 is 9.13 Å². The molecule has 112 heavy (non-hydrogen) atoms. The van der Waals surface area contributed by atoms with Crippen molar-refractivity contribution in [1.82, 2.24) is 39.0 Å². The van der Waals surface area contributed by atoms with Crippen LogP contribution >= 0.6 is 0 Å². The highest BCUT2D eigenvalue weighted by atomic mass is 15.1. The molecule has 0 aliphatic carbocycles. The van der Waals surface area contributed by atoms with Gasteiger partial charge in [0.05, 0.1) is 80.0 Å². The Morgan fingerprint density at radius 1 is 0.188 bits per heavy atom. The zero-order valence-corrected chi connectivity index (χ0v) is 59.9. The summed E-state index contributed by atoms with van der Waals surface area (Å²) in [4.78, 5) is 32.4. The minimum atomic E-state index is 0.459. The maximum atomic E-state index is 9.89. The molecule has 0 radical (unpaired) electrons. The highest BCUT2D eigenvalue weighted by Crippen LogP contribution is 2.48. The molecule has 19 rings (SSSR count). The molecule has 12 nitrogen and oxygen atoms in total. The Balaban J connectivity index is 0.909.